The van der Waals surface area contributed by atoms with Crippen molar-refractivity contribution in [3.63, 3.8) is 0 Å². The lowest BCUT2D eigenvalue weighted by Gasteiger charge is -2.15. The van der Waals surface area contributed by atoms with Gasteiger partial charge in [0, 0.05) is 49.6 Å². The average molecular weight is 739 g/mol. The van der Waals surface area contributed by atoms with Crippen LogP contribution in [-0.4, -0.2) is 19.1 Å². The van der Waals surface area contributed by atoms with Gasteiger partial charge in [0.1, 0.15) is 0 Å². The van der Waals surface area contributed by atoms with Crippen molar-refractivity contribution in [1.29, 1.82) is 0 Å². The van der Waals surface area contributed by atoms with Gasteiger partial charge in [-0.25, -0.2) is 9.97 Å². The molecular weight excluding hydrogens is 705 g/mol. The first kappa shape index (κ1) is 32.4. The van der Waals surface area contributed by atoms with Gasteiger partial charge in [-0.05, 0) is 76.1 Å². The maximum Gasteiger partial charge on any atom is 0.161 e. The van der Waals surface area contributed by atoms with Crippen molar-refractivity contribution >= 4 is 65.2 Å². The molecule has 0 N–H and O–H groups in total. The van der Waals surface area contributed by atoms with Crippen molar-refractivity contribution < 1.29 is 0 Å². The Morgan fingerprint density at radius 3 is 1.43 bits per heavy atom. The minimum absolute atomic E-state index is 0.692. The molecular formula is C54H34N4. The third-order valence-corrected chi connectivity index (χ3v) is 11.7. The highest BCUT2D eigenvalue weighted by Gasteiger charge is 2.21. The first-order valence-electron chi connectivity index (χ1n) is 19.7. The number of benzene rings is 9. The lowest BCUT2D eigenvalue weighted by molar-refractivity contribution is 1.16. The molecule has 58 heavy (non-hydrogen) atoms. The number of nitrogens with zero attached hydrogens (tertiary/aromatic N) is 4. The van der Waals surface area contributed by atoms with Crippen LogP contribution in [0.3, 0.4) is 0 Å². The van der Waals surface area contributed by atoms with Gasteiger partial charge in [-0.1, -0.05) is 152 Å². The third kappa shape index (κ3) is 5.09. The maximum atomic E-state index is 5.30. The predicted octanol–water partition coefficient (Wildman–Crippen LogP) is 14.0. The molecule has 0 aliphatic heterocycles. The molecule has 9 aromatic carbocycles. The molecule has 0 spiro atoms. The summed E-state index contributed by atoms with van der Waals surface area (Å²) < 4.78 is 4.86. The molecule has 0 saturated heterocycles. The molecule has 12 aromatic rings. The van der Waals surface area contributed by atoms with Crippen molar-refractivity contribution in [1.82, 2.24) is 19.1 Å². The summed E-state index contributed by atoms with van der Waals surface area (Å²) >= 11 is 0. The van der Waals surface area contributed by atoms with E-state index in [9.17, 15) is 0 Å². The Morgan fingerprint density at radius 2 is 0.793 bits per heavy atom. The number of hydrogen-bond donors (Lipinski definition) is 0. The van der Waals surface area contributed by atoms with Crippen LogP contribution < -0.4 is 0 Å². The second kappa shape index (κ2) is 12.9. The van der Waals surface area contributed by atoms with E-state index in [4.69, 9.17) is 9.97 Å². The van der Waals surface area contributed by atoms with Gasteiger partial charge < -0.3 is 9.13 Å². The molecule has 0 aliphatic rings. The lowest BCUT2D eigenvalue weighted by Crippen LogP contribution is -2.00. The summed E-state index contributed by atoms with van der Waals surface area (Å²) in [5, 5.41) is 9.59. The van der Waals surface area contributed by atoms with Crippen LogP contribution in [0.5, 0.6) is 0 Å². The molecule has 0 fully saturated rings. The summed E-state index contributed by atoms with van der Waals surface area (Å²) in [5.41, 5.74) is 11.7. The first-order valence-corrected chi connectivity index (χ1v) is 19.7. The molecule has 0 bridgehead atoms. The van der Waals surface area contributed by atoms with Crippen molar-refractivity contribution in [3.05, 3.63) is 206 Å². The molecule has 0 unspecified atom stereocenters. The van der Waals surface area contributed by atoms with E-state index in [0.29, 0.717) is 5.82 Å². The highest BCUT2D eigenvalue weighted by molar-refractivity contribution is 6.19. The monoisotopic (exact) mass is 738 g/mol. The van der Waals surface area contributed by atoms with Crippen LogP contribution in [0.1, 0.15) is 0 Å². The molecule has 0 saturated carbocycles. The summed E-state index contributed by atoms with van der Waals surface area (Å²) in [6.07, 6.45) is 0. The van der Waals surface area contributed by atoms with Crippen LogP contribution in [0.25, 0.3) is 110 Å². The molecule has 4 nitrogen and oxygen atoms in total. The molecule has 270 valence electrons. The topological polar surface area (TPSA) is 35.6 Å². The summed E-state index contributed by atoms with van der Waals surface area (Å²) in [5.74, 6) is 0.692. The first-order chi connectivity index (χ1) is 28.7. The smallest absolute Gasteiger partial charge is 0.161 e. The van der Waals surface area contributed by atoms with E-state index in [1.807, 2.05) is 12.1 Å². The number of para-hydroxylation sites is 2. The Labute approximate surface area is 334 Å². The second-order valence-corrected chi connectivity index (χ2v) is 15.0. The number of fused-ring (bicyclic) bond motifs is 8. The van der Waals surface area contributed by atoms with Crippen LogP contribution in [0.15, 0.2) is 206 Å². The molecule has 0 atom stereocenters. The fourth-order valence-electron chi connectivity index (χ4n) is 8.99. The summed E-state index contributed by atoms with van der Waals surface area (Å²) in [7, 11) is 0. The predicted molar refractivity (Wildman–Crippen MR) is 242 cm³/mol. The number of rotatable bonds is 5. The molecule has 0 radical (unpaired) electrons. The molecule has 0 amide bonds. The zero-order chi connectivity index (χ0) is 38.2. The Kier molecular flexibility index (Phi) is 7.20. The van der Waals surface area contributed by atoms with E-state index in [1.165, 1.54) is 43.4 Å². The van der Waals surface area contributed by atoms with Gasteiger partial charge in [0.2, 0.25) is 0 Å². The standard InChI is InChI=1S/C54H34N4/c1-3-16-36(17-4-1)48-33-49(37-18-5-2-6-19-37)56-54(55-48)47-31-41(30-39-21-9-10-22-42(39)47)58-51-26-14-12-24-44(51)46-32-45-43-23-11-13-25-50(43)57(52(45)34-53(46)58)40-28-27-35-15-7-8-20-38(35)29-40/h1-34H. The van der Waals surface area contributed by atoms with E-state index in [2.05, 4.69) is 203 Å². The Morgan fingerprint density at radius 1 is 0.293 bits per heavy atom. The minimum atomic E-state index is 0.692. The normalized spacial score (nSPS) is 11.8. The summed E-state index contributed by atoms with van der Waals surface area (Å²) in [6.45, 7) is 0. The Hall–Kier alpha value is -7.82. The lowest BCUT2D eigenvalue weighted by atomic mass is 10.0. The van der Waals surface area contributed by atoms with E-state index >= 15 is 0 Å². The van der Waals surface area contributed by atoms with E-state index in [0.717, 1.165) is 61.3 Å². The minimum Gasteiger partial charge on any atom is -0.309 e. The van der Waals surface area contributed by atoms with Gasteiger partial charge in [-0.2, -0.15) is 0 Å². The van der Waals surface area contributed by atoms with E-state index < -0.39 is 0 Å². The average Bonchev–Trinajstić information content (AvgIpc) is 3.80. The summed E-state index contributed by atoms with van der Waals surface area (Å²) in [4.78, 5) is 10.6. The van der Waals surface area contributed by atoms with Gasteiger partial charge in [-0.15, -0.1) is 0 Å². The van der Waals surface area contributed by atoms with E-state index in [1.54, 1.807) is 0 Å². The fraction of sp³-hybridized carbons (Fsp3) is 0. The van der Waals surface area contributed by atoms with Crippen molar-refractivity contribution in [2.45, 2.75) is 0 Å². The number of aromatic nitrogens is 4. The molecule has 3 heterocycles. The number of hydrogen-bond acceptors (Lipinski definition) is 2. The van der Waals surface area contributed by atoms with Crippen LogP contribution >= 0.6 is 0 Å². The van der Waals surface area contributed by atoms with Crippen molar-refractivity contribution in [3.8, 4) is 45.3 Å². The van der Waals surface area contributed by atoms with Gasteiger partial charge in [0.25, 0.3) is 0 Å². The van der Waals surface area contributed by atoms with Gasteiger partial charge >= 0.3 is 0 Å². The van der Waals surface area contributed by atoms with Crippen LogP contribution in [0.2, 0.25) is 0 Å². The zero-order valence-corrected chi connectivity index (χ0v) is 31.4. The Bertz CT molecular complexity index is 3500. The van der Waals surface area contributed by atoms with Crippen molar-refractivity contribution in [2.24, 2.45) is 0 Å². The largest absolute Gasteiger partial charge is 0.309 e. The summed E-state index contributed by atoms with van der Waals surface area (Å²) in [6, 6.07) is 73.9. The molecule has 3 aromatic heterocycles. The quantitative estimate of drug-likeness (QED) is 0.176. The van der Waals surface area contributed by atoms with Crippen LogP contribution in [0.4, 0.5) is 0 Å². The van der Waals surface area contributed by atoms with Gasteiger partial charge in [0.05, 0.1) is 33.5 Å². The van der Waals surface area contributed by atoms with Crippen molar-refractivity contribution in [2.75, 3.05) is 0 Å². The Balaban J connectivity index is 1.15. The SMILES string of the molecule is c1ccc(-c2cc(-c3ccccc3)nc(-c3cc(-n4c5ccccc5c5cc6c7ccccc7n(-c7ccc8ccccc8c7)c6cc54)cc4ccccc34)n2)cc1. The van der Waals surface area contributed by atoms with Gasteiger partial charge in [-0.3, -0.25) is 0 Å². The molecule has 0 aliphatic carbocycles. The fourth-order valence-corrected chi connectivity index (χ4v) is 8.99. The maximum absolute atomic E-state index is 5.30. The third-order valence-electron chi connectivity index (χ3n) is 11.7. The van der Waals surface area contributed by atoms with Gasteiger partial charge in [0.15, 0.2) is 5.82 Å². The zero-order valence-electron chi connectivity index (χ0n) is 31.4. The molecule has 4 heteroatoms. The van der Waals surface area contributed by atoms with E-state index in [-0.39, 0.29) is 0 Å². The highest BCUT2D eigenvalue weighted by atomic mass is 15.0. The highest BCUT2D eigenvalue weighted by Crippen LogP contribution is 2.41. The van der Waals surface area contributed by atoms with Crippen LogP contribution in [0, 0.1) is 0 Å². The van der Waals surface area contributed by atoms with Crippen LogP contribution in [-0.2, 0) is 0 Å². The molecule has 12 rings (SSSR count). The second-order valence-electron chi connectivity index (χ2n) is 15.0.